The highest BCUT2D eigenvalue weighted by Crippen LogP contribution is 2.23. The fourth-order valence-electron chi connectivity index (χ4n) is 1.94. The van der Waals surface area contributed by atoms with E-state index in [4.69, 9.17) is 10.9 Å². The van der Waals surface area contributed by atoms with Crippen molar-refractivity contribution in [1.82, 2.24) is 0 Å². The fraction of sp³-hybridized carbons (Fsp3) is 0.533. The van der Waals surface area contributed by atoms with Gasteiger partial charge >= 0.3 is 0 Å². The van der Waals surface area contributed by atoms with Crippen molar-refractivity contribution in [2.45, 2.75) is 40.5 Å². The maximum atomic E-state index is 8.72. The molecule has 0 fully saturated rings. The summed E-state index contributed by atoms with van der Waals surface area (Å²) in [6.07, 6.45) is 1.84. The van der Waals surface area contributed by atoms with E-state index in [1.807, 2.05) is 13.8 Å². The van der Waals surface area contributed by atoms with Crippen molar-refractivity contribution in [1.29, 1.82) is 0 Å². The molecule has 0 unspecified atom stereocenters. The molecule has 1 aromatic rings. The Morgan fingerprint density at radius 3 is 2.68 bits per heavy atom. The molecule has 0 aliphatic carbocycles. The lowest BCUT2D eigenvalue weighted by atomic mass is 9.86. The number of rotatable bonds is 6. The van der Waals surface area contributed by atoms with Crippen molar-refractivity contribution in [3.05, 3.63) is 29.3 Å². The summed E-state index contributed by atoms with van der Waals surface area (Å²) in [6.45, 7) is 9.04. The smallest absolute Gasteiger partial charge is 0.144 e. The summed E-state index contributed by atoms with van der Waals surface area (Å²) in [6, 6.07) is 6.39. The van der Waals surface area contributed by atoms with E-state index < -0.39 is 0 Å². The van der Waals surface area contributed by atoms with E-state index in [0.717, 1.165) is 19.4 Å². The van der Waals surface area contributed by atoms with Gasteiger partial charge in [-0.2, -0.15) is 0 Å². The van der Waals surface area contributed by atoms with Crippen LogP contribution < -0.4 is 11.1 Å². The van der Waals surface area contributed by atoms with E-state index >= 15 is 0 Å². The summed E-state index contributed by atoms with van der Waals surface area (Å²) in [5.41, 5.74) is 9.09. The van der Waals surface area contributed by atoms with Crippen LogP contribution in [0.25, 0.3) is 0 Å². The molecule has 1 aromatic carbocycles. The molecule has 1 rings (SSSR count). The molecule has 0 aliphatic rings. The monoisotopic (exact) mass is 263 g/mol. The van der Waals surface area contributed by atoms with E-state index in [2.05, 4.69) is 42.5 Å². The number of anilines is 1. The number of aryl methyl sites for hydroxylation is 2. The summed E-state index contributed by atoms with van der Waals surface area (Å²) in [5, 5.41) is 15.3. The molecule has 0 amide bonds. The molecule has 0 saturated heterocycles. The molecule has 4 N–H and O–H groups in total. The zero-order valence-electron chi connectivity index (χ0n) is 12.3. The first-order valence-electron chi connectivity index (χ1n) is 6.66. The number of hydrogen-bond acceptors (Lipinski definition) is 3. The highest BCUT2D eigenvalue weighted by Gasteiger charge is 2.22. The third kappa shape index (κ3) is 4.47. The number of amidine groups is 1. The summed E-state index contributed by atoms with van der Waals surface area (Å²) in [7, 11) is 0. The van der Waals surface area contributed by atoms with Gasteiger partial charge in [0.2, 0.25) is 0 Å². The minimum absolute atomic E-state index is 0.266. The molecule has 0 heterocycles. The first-order valence-corrected chi connectivity index (χ1v) is 6.66. The normalized spacial score (nSPS) is 12.5. The standard InChI is InChI=1S/C15H25N3O/c1-11-6-7-12(2)13(10-11)17-9-5-8-15(3,4)14(16)18-19/h6-7,10,17,19H,5,8-9H2,1-4H3,(H2,16,18). The SMILES string of the molecule is Cc1ccc(C)c(NCCCC(C)(C)C(N)=NO)c1. The van der Waals surface area contributed by atoms with Crippen LogP contribution >= 0.6 is 0 Å². The maximum absolute atomic E-state index is 8.72. The van der Waals surface area contributed by atoms with Gasteiger partial charge in [-0.25, -0.2) is 0 Å². The topological polar surface area (TPSA) is 70.6 Å². The predicted molar refractivity (Wildman–Crippen MR) is 80.8 cm³/mol. The molecule has 19 heavy (non-hydrogen) atoms. The van der Waals surface area contributed by atoms with Gasteiger partial charge in [0.25, 0.3) is 0 Å². The van der Waals surface area contributed by atoms with Gasteiger partial charge < -0.3 is 16.3 Å². The first-order chi connectivity index (χ1) is 8.86. The third-order valence-electron chi connectivity index (χ3n) is 3.49. The van der Waals surface area contributed by atoms with Crippen molar-refractivity contribution < 1.29 is 5.21 Å². The van der Waals surface area contributed by atoms with Crippen molar-refractivity contribution in [3.8, 4) is 0 Å². The zero-order chi connectivity index (χ0) is 14.5. The summed E-state index contributed by atoms with van der Waals surface area (Å²) >= 11 is 0. The molecular weight excluding hydrogens is 238 g/mol. The van der Waals surface area contributed by atoms with Gasteiger partial charge in [-0.3, -0.25) is 0 Å². The molecular formula is C15H25N3O. The molecule has 0 saturated carbocycles. The van der Waals surface area contributed by atoms with Gasteiger partial charge in [-0.1, -0.05) is 31.1 Å². The predicted octanol–water partition coefficient (Wildman–Crippen LogP) is 3.27. The van der Waals surface area contributed by atoms with Crippen LogP contribution in [0.5, 0.6) is 0 Å². The van der Waals surface area contributed by atoms with Crippen LogP contribution in [-0.2, 0) is 0 Å². The van der Waals surface area contributed by atoms with Gasteiger partial charge in [0.1, 0.15) is 5.84 Å². The Labute approximate surface area is 115 Å². The Hall–Kier alpha value is -1.71. The first kappa shape index (κ1) is 15.3. The second kappa shape index (κ2) is 6.45. The Bertz CT molecular complexity index is 453. The number of nitrogens with zero attached hydrogens (tertiary/aromatic N) is 1. The van der Waals surface area contributed by atoms with Crippen molar-refractivity contribution in [3.63, 3.8) is 0 Å². The van der Waals surface area contributed by atoms with Gasteiger partial charge in [-0.15, -0.1) is 0 Å². The van der Waals surface area contributed by atoms with Crippen LogP contribution in [0.3, 0.4) is 0 Å². The van der Waals surface area contributed by atoms with Crippen LogP contribution in [0.4, 0.5) is 5.69 Å². The lowest BCUT2D eigenvalue weighted by Gasteiger charge is -2.22. The van der Waals surface area contributed by atoms with Gasteiger partial charge in [0, 0.05) is 17.6 Å². The van der Waals surface area contributed by atoms with Gasteiger partial charge in [0.05, 0.1) is 0 Å². The zero-order valence-corrected chi connectivity index (χ0v) is 12.3. The quantitative estimate of drug-likeness (QED) is 0.242. The van der Waals surface area contributed by atoms with Crippen LogP contribution in [0.2, 0.25) is 0 Å². The Morgan fingerprint density at radius 1 is 1.37 bits per heavy atom. The minimum atomic E-state index is -0.266. The Morgan fingerprint density at radius 2 is 2.05 bits per heavy atom. The molecule has 4 nitrogen and oxygen atoms in total. The second-order valence-electron chi connectivity index (χ2n) is 5.72. The molecule has 0 aliphatic heterocycles. The van der Waals surface area contributed by atoms with Crippen molar-refractivity contribution in [2.75, 3.05) is 11.9 Å². The maximum Gasteiger partial charge on any atom is 0.144 e. The molecule has 0 spiro atoms. The highest BCUT2D eigenvalue weighted by molar-refractivity contribution is 5.85. The van der Waals surface area contributed by atoms with Crippen LogP contribution in [0, 0.1) is 19.3 Å². The van der Waals surface area contributed by atoms with E-state index in [0.29, 0.717) is 5.84 Å². The number of benzene rings is 1. The Kier molecular flexibility index (Phi) is 5.21. The lowest BCUT2D eigenvalue weighted by molar-refractivity contribution is 0.305. The molecule has 0 aromatic heterocycles. The number of nitrogens with two attached hydrogens (primary N) is 1. The van der Waals surface area contributed by atoms with Crippen molar-refractivity contribution in [2.24, 2.45) is 16.3 Å². The van der Waals surface area contributed by atoms with Crippen LogP contribution in [-0.4, -0.2) is 17.6 Å². The van der Waals surface area contributed by atoms with E-state index in [9.17, 15) is 0 Å². The summed E-state index contributed by atoms with van der Waals surface area (Å²) in [4.78, 5) is 0. The molecule has 0 atom stereocenters. The summed E-state index contributed by atoms with van der Waals surface area (Å²) < 4.78 is 0. The van der Waals surface area contributed by atoms with Crippen LogP contribution in [0.15, 0.2) is 23.4 Å². The van der Waals surface area contributed by atoms with E-state index in [-0.39, 0.29) is 5.41 Å². The number of oxime groups is 1. The number of hydrogen-bond donors (Lipinski definition) is 3. The fourth-order valence-corrected chi connectivity index (χ4v) is 1.94. The third-order valence-corrected chi connectivity index (χ3v) is 3.49. The molecule has 0 radical (unpaired) electrons. The highest BCUT2D eigenvalue weighted by atomic mass is 16.4. The lowest BCUT2D eigenvalue weighted by Crippen LogP contribution is -2.32. The van der Waals surface area contributed by atoms with Crippen molar-refractivity contribution >= 4 is 11.5 Å². The molecule has 106 valence electrons. The van der Waals surface area contributed by atoms with Gasteiger partial charge in [-0.05, 0) is 43.9 Å². The molecule has 4 heteroatoms. The second-order valence-corrected chi connectivity index (χ2v) is 5.72. The Balaban J connectivity index is 2.45. The average Bonchev–Trinajstić information content (AvgIpc) is 2.37. The van der Waals surface area contributed by atoms with E-state index in [1.54, 1.807) is 0 Å². The minimum Gasteiger partial charge on any atom is -0.409 e. The number of nitrogens with one attached hydrogen (secondary N) is 1. The van der Waals surface area contributed by atoms with Gasteiger partial charge in [0.15, 0.2) is 0 Å². The average molecular weight is 263 g/mol. The van der Waals surface area contributed by atoms with E-state index in [1.165, 1.54) is 16.8 Å². The van der Waals surface area contributed by atoms with Crippen LogP contribution in [0.1, 0.15) is 37.8 Å². The largest absolute Gasteiger partial charge is 0.409 e. The molecule has 0 bridgehead atoms. The summed E-state index contributed by atoms with van der Waals surface area (Å²) in [5.74, 6) is 0.291.